The fraction of sp³-hybridized carbons (Fsp3) is 0.455. The minimum absolute atomic E-state index is 0.0587. The molecular formula is C11H14NO4S-. The Balaban J connectivity index is 3.13. The first kappa shape index (κ1) is 13.5. The Bertz CT molecular complexity index is 471. The Hall–Kier alpha value is -1.56. The van der Waals surface area contributed by atoms with E-state index in [1.54, 1.807) is 20.8 Å². The van der Waals surface area contributed by atoms with Crippen molar-refractivity contribution in [1.29, 1.82) is 0 Å². The molecule has 0 spiro atoms. The molecule has 0 aromatic carbocycles. The van der Waals surface area contributed by atoms with Crippen LogP contribution < -0.4 is 10.8 Å². The van der Waals surface area contributed by atoms with Gasteiger partial charge in [-0.2, -0.15) is 0 Å². The monoisotopic (exact) mass is 256 g/mol. The van der Waals surface area contributed by atoms with Gasteiger partial charge in [0.1, 0.15) is 10.5 Å². The van der Waals surface area contributed by atoms with Crippen LogP contribution in [-0.4, -0.2) is 17.5 Å². The third kappa shape index (κ3) is 2.97. The largest absolute Gasteiger partial charge is 0.545 e. The van der Waals surface area contributed by atoms with Gasteiger partial charge in [-0.15, -0.1) is 11.3 Å². The standard InChI is InChI=1S/C11H15NO4S/c1-5-6(9(13)14)8(12)17-7(5)10(15)16-11(2,3)4/h12H2,1-4H3,(H,13,14)/p-1. The number of hydrogen-bond donors (Lipinski definition) is 1. The summed E-state index contributed by atoms with van der Waals surface area (Å²) in [7, 11) is 0. The number of esters is 1. The normalized spacial score (nSPS) is 11.3. The number of carboxylic acid groups (broad SMARTS) is 1. The number of rotatable bonds is 2. The van der Waals surface area contributed by atoms with E-state index in [-0.39, 0.29) is 15.4 Å². The Morgan fingerprint density at radius 2 is 1.88 bits per heavy atom. The Morgan fingerprint density at radius 1 is 1.35 bits per heavy atom. The average Bonchev–Trinajstić information content (AvgIpc) is 2.38. The summed E-state index contributed by atoms with van der Waals surface area (Å²) < 4.78 is 5.16. The number of carbonyl (C=O) groups excluding carboxylic acids is 2. The van der Waals surface area contributed by atoms with E-state index in [9.17, 15) is 14.7 Å². The van der Waals surface area contributed by atoms with E-state index in [0.29, 0.717) is 5.56 Å². The molecule has 0 unspecified atom stereocenters. The molecule has 17 heavy (non-hydrogen) atoms. The van der Waals surface area contributed by atoms with Crippen molar-refractivity contribution >= 4 is 28.3 Å². The molecule has 1 rings (SSSR count). The molecule has 94 valence electrons. The van der Waals surface area contributed by atoms with Crippen molar-refractivity contribution < 1.29 is 19.4 Å². The van der Waals surface area contributed by atoms with Crippen molar-refractivity contribution in [3.8, 4) is 0 Å². The van der Waals surface area contributed by atoms with Crippen LogP contribution in [0.5, 0.6) is 0 Å². The van der Waals surface area contributed by atoms with Crippen molar-refractivity contribution in [2.45, 2.75) is 33.3 Å². The maximum Gasteiger partial charge on any atom is 0.349 e. The topological polar surface area (TPSA) is 92.5 Å². The zero-order valence-corrected chi connectivity index (χ0v) is 10.9. The summed E-state index contributed by atoms with van der Waals surface area (Å²) >= 11 is 0.901. The van der Waals surface area contributed by atoms with Gasteiger partial charge in [-0.3, -0.25) is 0 Å². The SMILES string of the molecule is Cc1c(C(=O)OC(C)(C)C)sc(N)c1C(=O)[O-]. The van der Waals surface area contributed by atoms with E-state index in [1.807, 2.05) is 0 Å². The Morgan fingerprint density at radius 3 is 2.24 bits per heavy atom. The summed E-state index contributed by atoms with van der Waals surface area (Å²) in [5, 5.41) is 10.9. The third-order valence-electron chi connectivity index (χ3n) is 1.96. The molecule has 2 N–H and O–H groups in total. The highest BCUT2D eigenvalue weighted by molar-refractivity contribution is 7.18. The predicted octanol–water partition coefficient (Wildman–Crippen LogP) is 0.958. The number of nitrogens with two attached hydrogens (primary N) is 1. The summed E-state index contributed by atoms with van der Waals surface area (Å²) in [6.07, 6.45) is 0. The number of anilines is 1. The molecule has 0 aliphatic rings. The number of carbonyl (C=O) groups is 2. The van der Waals surface area contributed by atoms with Gasteiger partial charge >= 0.3 is 5.97 Å². The van der Waals surface area contributed by atoms with Crippen LogP contribution in [0.15, 0.2) is 0 Å². The fourth-order valence-corrected chi connectivity index (χ4v) is 2.25. The molecule has 0 atom stereocenters. The highest BCUT2D eigenvalue weighted by Gasteiger charge is 2.24. The maximum absolute atomic E-state index is 11.8. The molecule has 0 saturated heterocycles. The predicted molar refractivity (Wildman–Crippen MR) is 63.0 cm³/mol. The van der Waals surface area contributed by atoms with Crippen LogP contribution in [-0.2, 0) is 4.74 Å². The second-order valence-corrected chi connectivity index (χ2v) is 5.64. The fourth-order valence-electron chi connectivity index (χ4n) is 1.31. The molecule has 6 heteroatoms. The molecule has 0 amide bonds. The van der Waals surface area contributed by atoms with Gasteiger partial charge in [-0.1, -0.05) is 0 Å². The molecule has 5 nitrogen and oxygen atoms in total. The second kappa shape index (κ2) is 4.37. The molecule has 1 aromatic heterocycles. The zero-order chi connectivity index (χ0) is 13.4. The average molecular weight is 256 g/mol. The van der Waals surface area contributed by atoms with Crippen LogP contribution in [0.2, 0.25) is 0 Å². The number of carboxylic acids is 1. The summed E-state index contributed by atoms with van der Waals surface area (Å²) in [6.45, 7) is 6.71. The van der Waals surface area contributed by atoms with Crippen LogP contribution in [0.1, 0.15) is 46.4 Å². The maximum atomic E-state index is 11.8. The van der Waals surface area contributed by atoms with Gasteiger partial charge in [0, 0.05) is 5.56 Å². The van der Waals surface area contributed by atoms with Crippen molar-refractivity contribution in [2.75, 3.05) is 5.73 Å². The van der Waals surface area contributed by atoms with Gasteiger partial charge in [0.15, 0.2) is 0 Å². The minimum atomic E-state index is -1.38. The molecule has 0 saturated carbocycles. The number of aromatic carboxylic acids is 1. The van der Waals surface area contributed by atoms with E-state index < -0.39 is 17.5 Å². The van der Waals surface area contributed by atoms with Crippen molar-refractivity contribution in [2.24, 2.45) is 0 Å². The van der Waals surface area contributed by atoms with Gasteiger partial charge in [-0.25, -0.2) is 4.79 Å². The van der Waals surface area contributed by atoms with Gasteiger partial charge in [0.2, 0.25) is 0 Å². The van der Waals surface area contributed by atoms with Gasteiger partial charge < -0.3 is 20.4 Å². The quantitative estimate of drug-likeness (QED) is 0.795. The number of ether oxygens (including phenoxy) is 1. The van der Waals surface area contributed by atoms with Crippen LogP contribution in [0.25, 0.3) is 0 Å². The summed E-state index contributed by atoms with van der Waals surface area (Å²) in [5.74, 6) is -1.95. The first-order chi connectivity index (χ1) is 7.63. The highest BCUT2D eigenvalue weighted by atomic mass is 32.1. The Kier molecular flexibility index (Phi) is 3.47. The van der Waals surface area contributed by atoms with Gasteiger partial charge in [0.05, 0.1) is 11.0 Å². The first-order valence-corrected chi connectivity index (χ1v) is 5.78. The van der Waals surface area contributed by atoms with Crippen molar-refractivity contribution in [3.63, 3.8) is 0 Å². The number of hydrogen-bond acceptors (Lipinski definition) is 6. The number of thiophene rings is 1. The molecule has 0 aliphatic carbocycles. The van der Waals surface area contributed by atoms with Crippen LogP contribution >= 0.6 is 11.3 Å². The molecule has 0 bridgehead atoms. The summed E-state index contributed by atoms with van der Waals surface area (Å²) in [4.78, 5) is 22.8. The lowest BCUT2D eigenvalue weighted by Gasteiger charge is -2.19. The van der Waals surface area contributed by atoms with E-state index in [0.717, 1.165) is 11.3 Å². The van der Waals surface area contributed by atoms with Crippen LogP contribution in [0.4, 0.5) is 5.00 Å². The molecule has 0 fully saturated rings. The number of nitrogen functional groups attached to an aromatic ring is 1. The summed E-state index contributed by atoms with van der Waals surface area (Å²) in [6, 6.07) is 0. The minimum Gasteiger partial charge on any atom is -0.545 e. The summed E-state index contributed by atoms with van der Waals surface area (Å²) in [5.41, 5.74) is 5.06. The van der Waals surface area contributed by atoms with Gasteiger partial charge in [-0.05, 0) is 33.3 Å². The van der Waals surface area contributed by atoms with E-state index >= 15 is 0 Å². The van der Waals surface area contributed by atoms with E-state index in [2.05, 4.69) is 0 Å². The van der Waals surface area contributed by atoms with E-state index in [4.69, 9.17) is 10.5 Å². The van der Waals surface area contributed by atoms with E-state index in [1.165, 1.54) is 6.92 Å². The van der Waals surface area contributed by atoms with Crippen LogP contribution in [0.3, 0.4) is 0 Å². The lowest BCUT2D eigenvalue weighted by atomic mass is 10.1. The lowest BCUT2D eigenvalue weighted by Crippen LogP contribution is -2.25. The second-order valence-electron chi connectivity index (χ2n) is 4.58. The Labute approximate surface area is 103 Å². The highest BCUT2D eigenvalue weighted by Crippen LogP contribution is 2.31. The molecule has 0 radical (unpaired) electrons. The molecule has 1 heterocycles. The van der Waals surface area contributed by atoms with Gasteiger partial charge in [0.25, 0.3) is 0 Å². The molecule has 1 aromatic rings. The lowest BCUT2D eigenvalue weighted by molar-refractivity contribution is -0.254. The smallest absolute Gasteiger partial charge is 0.349 e. The molecular weight excluding hydrogens is 242 g/mol. The molecule has 0 aliphatic heterocycles. The third-order valence-corrected chi connectivity index (χ3v) is 3.06. The van der Waals surface area contributed by atoms with Crippen LogP contribution in [0, 0.1) is 6.92 Å². The van der Waals surface area contributed by atoms with Crippen molar-refractivity contribution in [1.82, 2.24) is 0 Å². The van der Waals surface area contributed by atoms with Crippen molar-refractivity contribution in [3.05, 3.63) is 16.0 Å². The first-order valence-electron chi connectivity index (χ1n) is 4.97. The zero-order valence-electron chi connectivity index (χ0n) is 10.1.